The Hall–Kier alpha value is -0.350. The molecule has 84 valence electrons. The van der Waals surface area contributed by atoms with Crippen LogP contribution in [0.3, 0.4) is 0 Å². The SMILES string of the molecule is CCc1nn(C)c(CC2(O)CCC2)c1Br. The van der Waals surface area contributed by atoms with Crippen LogP contribution in [-0.4, -0.2) is 20.5 Å². The highest BCUT2D eigenvalue weighted by molar-refractivity contribution is 9.10. The number of rotatable bonds is 3. The van der Waals surface area contributed by atoms with Gasteiger partial charge in [-0.2, -0.15) is 5.10 Å². The standard InChI is InChI=1S/C11H17BrN2O/c1-3-8-10(12)9(14(2)13-8)7-11(15)5-4-6-11/h15H,3-7H2,1-2H3. The molecule has 0 saturated heterocycles. The molecule has 15 heavy (non-hydrogen) atoms. The normalized spacial score (nSPS) is 18.9. The molecule has 0 unspecified atom stereocenters. The summed E-state index contributed by atoms with van der Waals surface area (Å²) in [6.07, 6.45) is 4.63. The number of aryl methyl sites for hydroxylation is 2. The fraction of sp³-hybridized carbons (Fsp3) is 0.727. The van der Waals surface area contributed by atoms with Gasteiger partial charge in [0.15, 0.2) is 0 Å². The molecule has 0 aliphatic heterocycles. The van der Waals surface area contributed by atoms with E-state index in [0.717, 1.165) is 48.0 Å². The largest absolute Gasteiger partial charge is 0.389 e. The van der Waals surface area contributed by atoms with E-state index in [0.29, 0.717) is 0 Å². The molecule has 0 bridgehead atoms. The lowest BCUT2D eigenvalue weighted by atomic mass is 9.77. The summed E-state index contributed by atoms with van der Waals surface area (Å²) in [6.45, 7) is 2.09. The van der Waals surface area contributed by atoms with E-state index in [1.54, 1.807) is 0 Å². The summed E-state index contributed by atoms with van der Waals surface area (Å²) in [5, 5.41) is 14.6. The summed E-state index contributed by atoms with van der Waals surface area (Å²) >= 11 is 3.57. The number of aliphatic hydroxyl groups is 1. The Morgan fingerprint density at radius 3 is 2.60 bits per heavy atom. The van der Waals surface area contributed by atoms with Crippen molar-refractivity contribution in [2.75, 3.05) is 0 Å². The topological polar surface area (TPSA) is 38.0 Å². The van der Waals surface area contributed by atoms with Gasteiger partial charge in [-0.15, -0.1) is 0 Å². The lowest BCUT2D eigenvalue weighted by molar-refractivity contribution is -0.0338. The fourth-order valence-electron chi connectivity index (χ4n) is 2.09. The van der Waals surface area contributed by atoms with Crippen molar-refractivity contribution in [1.29, 1.82) is 0 Å². The maximum atomic E-state index is 10.1. The van der Waals surface area contributed by atoms with Crippen LogP contribution in [0.15, 0.2) is 4.47 Å². The molecule has 2 rings (SSSR count). The second-order valence-electron chi connectivity index (χ2n) is 4.44. The van der Waals surface area contributed by atoms with Gasteiger partial charge in [-0.3, -0.25) is 4.68 Å². The number of nitrogens with zero attached hydrogens (tertiary/aromatic N) is 2. The number of aromatic nitrogens is 2. The second kappa shape index (κ2) is 3.91. The quantitative estimate of drug-likeness (QED) is 0.916. The molecule has 1 aliphatic carbocycles. The van der Waals surface area contributed by atoms with Crippen LogP contribution in [0.2, 0.25) is 0 Å². The molecule has 0 aromatic carbocycles. The van der Waals surface area contributed by atoms with Crippen molar-refractivity contribution in [2.24, 2.45) is 7.05 Å². The maximum Gasteiger partial charge on any atom is 0.0766 e. The molecule has 0 amide bonds. The molecular weight excluding hydrogens is 256 g/mol. The van der Waals surface area contributed by atoms with Crippen LogP contribution in [0.5, 0.6) is 0 Å². The van der Waals surface area contributed by atoms with Gasteiger partial charge in [0.05, 0.1) is 21.5 Å². The van der Waals surface area contributed by atoms with Crippen molar-refractivity contribution >= 4 is 15.9 Å². The summed E-state index contributed by atoms with van der Waals surface area (Å²) in [6, 6.07) is 0. The van der Waals surface area contributed by atoms with Crippen LogP contribution in [0.4, 0.5) is 0 Å². The Kier molecular flexibility index (Phi) is 2.90. The Balaban J connectivity index is 2.23. The van der Waals surface area contributed by atoms with E-state index in [4.69, 9.17) is 0 Å². The lowest BCUT2D eigenvalue weighted by Gasteiger charge is -2.36. The van der Waals surface area contributed by atoms with E-state index < -0.39 is 5.60 Å². The first-order chi connectivity index (χ1) is 7.06. The van der Waals surface area contributed by atoms with Gasteiger partial charge in [-0.25, -0.2) is 0 Å². The van der Waals surface area contributed by atoms with E-state index in [1.165, 1.54) is 0 Å². The van der Waals surface area contributed by atoms with Crippen LogP contribution < -0.4 is 0 Å². The van der Waals surface area contributed by atoms with Crippen molar-refractivity contribution < 1.29 is 5.11 Å². The molecule has 1 aromatic rings. The van der Waals surface area contributed by atoms with Gasteiger partial charge in [0, 0.05) is 13.5 Å². The Labute approximate surface area is 98.6 Å². The molecule has 1 aliphatic rings. The molecule has 0 radical (unpaired) electrons. The summed E-state index contributed by atoms with van der Waals surface area (Å²) in [5.41, 5.74) is 1.73. The van der Waals surface area contributed by atoms with Gasteiger partial charge >= 0.3 is 0 Å². The van der Waals surface area contributed by atoms with Crippen molar-refractivity contribution in [2.45, 2.75) is 44.6 Å². The molecule has 3 nitrogen and oxygen atoms in total. The van der Waals surface area contributed by atoms with Crippen molar-refractivity contribution in [1.82, 2.24) is 9.78 Å². The highest BCUT2D eigenvalue weighted by atomic mass is 79.9. The smallest absolute Gasteiger partial charge is 0.0766 e. The molecule has 0 atom stereocenters. The highest BCUT2D eigenvalue weighted by Crippen LogP contribution is 2.36. The van der Waals surface area contributed by atoms with Crippen LogP contribution in [0.25, 0.3) is 0 Å². The minimum Gasteiger partial charge on any atom is -0.389 e. The minimum absolute atomic E-state index is 0.471. The zero-order valence-corrected chi connectivity index (χ0v) is 10.8. The average molecular weight is 273 g/mol. The molecule has 1 saturated carbocycles. The van der Waals surface area contributed by atoms with Crippen LogP contribution in [0, 0.1) is 0 Å². The third-order valence-electron chi connectivity index (χ3n) is 3.28. The Bertz CT molecular complexity index is 369. The summed E-state index contributed by atoms with van der Waals surface area (Å²) in [4.78, 5) is 0. The van der Waals surface area contributed by atoms with E-state index in [9.17, 15) is 5.11 Å². The first-order valence-electron chi connectivity index (χ1n) is 5.48. The number of hydrogen-bond acceptors (Lipinski definition) is 2. The van der Waals surface area contributed by atoms with Crippen molar-refractivity contribution in [3.63, 3.8) is 0 Å². The van der Waals surface area contributed by atoms with Gasteiger partial charge in [0.2, 0.25) is 0 Å². The van der Waals surface area contributed by atoms with E-state index >= 15 is 0 Å². The fourth-order valence-corrected chi connectivity index (χ4v) is 2.84. The summed E-state index contributed by atoms with van der Waals surface area (Å²) < 4.78 is 2.96. The zero-order valence-electron chi connectivity index (χ0n) is 9.26. The van der Waals surface area contributed by atoms with E-state index in [2.05, 4.69) is 28.0 Å². The monoisotopic (exact) mass is 272 g/mol. The van der Waals surface area contributed by atoms with E-state index in [-0.39, 0.29) is 0 Å². The van der Waals surface area contributed by atoms with Gasteiger partial charge < -0.3 is 5.11 Å². The van der Waals surface area contributed by atoms with E-state index in [1.807, 2.05) is 11.7 Å². The van der Waals surface area contributed by atoms with Crippen LogP contribution in [-0.2, 0) is 19.9 Å². The lowest BCUT2D eigenvalue weighted by Crippen LogP contribution is -2.39. The Morgan fingerprint density at radius 1 is 1.53 bits per heavy atom. The molecule has 1 heterocycles. The first-order valence-corrected chi connectivity index (χ1v) is 6.27. The van der Waals surface area contributed by atoms with Crippen LogP contribution >= 0.6 is 15.9 Å². The third-order valence-corrected chi connectivity index (χ3v) is 4.20. The van der Waals surface area contributed by atoms with Gasteiger partial charge in [-0.05, 0) is 41.6 Å². The number of hydrogen-bond donors (Lipinski definition) is 1. The van der Waals surface area contributed by atoms with Crippen molar-refractivity contribution in [3.8, 4) is 0 Å². The summed E-state index contributed by atoms with van der Waals surface area (Å²) in [7, 11) is 1.95. The van der Waals surface area contributed by atoms with Crippen molar-refractivity contribution in [3.05, 3.63) is 15.9 Å². The zero-order chi connectivity index (χ0) is 11.1. The second-order valence-corrected chi connectivity index (χ2v) is 5.23. The third kappa shape index (κ3) is 1.97. The number of halogens is 1. The first kappa shape index (κ1) is 11.1. The molecule has 4 heteroatoms. The molecule has 1 fully saturated rings. The average Bonchev–Trinajstić information content (AvgIpc) is 2.42. The summed E-state index contributed by atoms with van der Waals surface area (Å²) in [5.74, 6) is 0. The predicted octanol–water partition coefficient (Wildman–Crippen LogP) is 2.20. The van der Waals surface area contributed by atoms with Gasteiger partial charge in [0.1, 0.15) is 0 Å². The molecule has 1 N–H and O–H groups in total. The maximum absolute atomic E-state index is 10.1. The molecule has 1 aromatic heterocycles. The predicted molar refractivity (Wildman–Crippen MR) is 62.8 cm³/mol. The minimum atomic E-state index is -0.471. The molecule has 0 spiro atoms. The van der Waals surface area contributed by atoms with Gasteiger partial charge in [-0.1, -0.05) is 6.92 Å². The van der Waals surface area contributed by atoms with Gasteiger partial charge in [0.25, 0.3) is 0 Å². The highest BCUT2D eigenvalue weighted by Gasteiger charge is 2.36. The Morgan fingerprint density at radius 2 is 2.20 bits per heavy atom. The molecular formula is C11H17BrN2O. The van der Waals surface area contributed by atoms with Crippen LogP contribution in [0.1, 0.15) is 37.6 Å².